The number of aromatic carboxylic acids is 1. The number of carbonyl (C=O) groups excluding carboxylic acids is 1. The van der Waals surface area contributed by atoms with E-state index in [1.165, 1.54) is 0 Å². The normalized spacial score (nSPS) is 10.1. The molecule has 0 heterocycles. The number of hydrogen-bond donors (Lipinski definition) is 3. The number of aryl methyl sites for hydroxylation is 1. The highest BCUT2D eigenvalue weighted by Gasteiger charge is 2.18. The number of phenols is 2. The molecule has 0 aromatic heterocycles. The van der Waals surface area contributed by atoms with Crippen molar-refractivity contribution >= 4 is 11.9 Å². The maximum absolute atomic E-state index is 11.9. The fourth-order valence-corrected chi connectivity index (χ4v) is 1.72. The van der Waals surface area contributed by atoms with E-state index in [-0.39, 0.29) is 5.75 Å². The van der Waals surface area contributed by atoms with Crippen molar-refractivity contribution in [3.8, 4) is 17.2 Å². The summed E-state index contributed by atoms with van der Waals surface area (Å²) in [6.07, 6.45) is 0. The zero-order chi connectivity index (χ0) is 15.6. The Balaban J connectivity index is 2.26. The van der Waals surface area contributed by atoms with Crippen LogP contribution in [0.25, 0.3) is 0 Å². The summed E-state index contributed by atoms with van der Waals surface area (Å²) in [6.45, 7) is 1.87. The highest BCUT2D eigenvalue weighted by atomic mass is 16.5. The van der Waals surface area contributed by atoms with E-state index in [1.807, 2.05) is 6.92 Å². The van der Waals surface area contributed by atoms with Crippen LogP contribution >= 0.6 is 0 Å². The standard InChI is InChI=1S/C15H12O6/c1-8-2-4-9(5-3-8)15(20)21-10-6-11(16)13(14(18)19)12(17)7-10/h2-7,16-17H,1H3,(H,18,19). The molecule has 0 aliphatic rings. The number of esters is 1. The highest BCUT2D eigenvalue weighted by molar-refractivity contribution is 5.95. The van der Waals surface area contributed by atoms with Gasteiger partial charge in [-0.05, 0) is 19.1 Å². The first-order chi connectivity index (χ1) is 9.88. The third-order valence-corrected chi connectivity index (χ3v) is 2.78. The number of carboxylic acid groups (broad SMARTS) is 1. The van der Waals surface area contributed by atoms with Gasteiger partial charge in [0.1, 0.15) is 22.8 Å². The van der Waals surface area contributed by atoms with E-state index < -0.39 is 29.0 Å². The second kappa shape index (κ2) is 5.54. The predicted octanol–water partition coefficient (Wildman–Crippen LogP) is 2.32. The van der Waals surface area contributed by atoms with Gasteiger partial charge in [-0.1, -0.05) is 17.7 Å². The van der Waals surface area contributed by atoms with Crippen molar-refractivity contribution in [2.24, 2.45) is 0 Å². The Kier molecular flexibility index (Phi) is 3.80. The minimum Gasteiger partial charge on any atom is -0.507 e. The van der Waals surface area contributed by atoms with Crippen molar-refractivity contribution in [1.29, 1.82) is 0 Å². The van der Waals surface area contributed by atoms with Crippen LogP contribution in [0.15, 0.2) is 36.4 Å². The largest absolute Gasteiger partial charge is 0.507 e. The SMILES string of the molecule is Cc1ccc(C(=O)Oc2cc(O)c(C(=O)O)c(O)c2)cc1. The van der Waals surface area contributed by atoms with Gasteiger partial charge in [0.2, 0.25) is 0 Å². The molecule has 2 aromatic rings. The average Bonchev–Trinajstić information content (AvgIpc) is 2.37. The Hall–Kier alpha value is -3.02. The quantitative estimate of drug-likeness (QED) is 0.591. The van der Waals surface area contributed by atoms with E-state index >= 15 is 0 Å². The van der Waals surface area contributed by atoms with Crippen molar-refractivity contribution in [2.75, 3.05) is 0 Å². The first-order valence-corrected chi connectivity index (χ1v) is 5.96. The fraction of sp³-hybridized carbons (Fsp3) is 0.0667. The molecule has 2 aromatic carbocycles. The van der Waals surface area contributed by atoms with Crippen molar-refractivity contribution in [3.63, 3.8) is 0 Å². The Morgan fingerprint density at radius 2 is 1.52 bits per heavy atom. The first-order valence-electron chi connectivity index (χ1n) is 5.96. The lowest BCUT2D eigenvalue weighted by molar-refractivity contribution is 0.0690. The van der Waals surface area contributed by atoms with Crippen LogP contribution in [0.4, 0.5) is 0 Å². The second-order valence-electron chi connectivity index (χ2n) is 4.40. The zero-order valence-electron chi connectivity index (χ0n) is 11.0. The maximum Gasteiger partial charge on any atom is 0.343 e. The summed E-state index contributed by atoms with van der Waals surface area (Å²) in [7, 11) is 0. The molecule has 6 heteroatoms. The van der Waals surface area contributed by atoms with Crippen molar-refractivity contribution in [1.82, 2.24) is 0 Å². The van der Waals surface area contributed by atoms with Crippen LogP contribution in [-0.2, 0) is 0 Å². The van der Waals surface area contributed by atoms with Gasteiger partial charge in [-0.15, -0.1) is 0 Å². The third-order valence-electron chi connectivity index (χ3n) is 2.78. The smallest absolute Gasteiger partial charge is 0.343 e. The number of ether oxygens (including phenoxy) is 1. The Labute approximate surface area is 119 Å². The Morgan fingerprint density at radius 3 is 2.00 bits per heavy atom. The molecule has 0 atom stereocenters. The van der Waals surface area contributed by atoms with Crippen LogP contribution in [-0.4, -0.2) is 27.3 Å². The topological polar surface area (TPSA) is 104 Å². The third kappa shape index (κ3) is 3.11. The number of hydrogen-bond acceptors (Lipinski definition) is 5. The van der Waals surface area contributed by atoms with Gasteiger partial charge in [-0.25, -0.2) is 9.59 Å². The number of benzene rings is 2. The van der Waals surface area contributed by atoms with Gasteiger partial charge in [0.05, 0.1) is 5.56 Å². The monoisotopic (exact) mass is 288 g/mol. The lowest BCUT2D eigenvalue weighted by Gasteiger charge is -2.08. The summed E-state index contributed by atoms with van der Waals surface area (Å²) in [5.41, 5.74) is 0.625. The number of carboxylic acids is 1. The van der Waals surface area contributed by atoms with Crippen LogP contribution in [0.3, 0.4) is 0 Å². The van der Waals surface area contributed by atoms with Crippen molar-refractivity contribution in [2.45, 2.75) is 6.92 Å². The molecule has 6 nitrogen and oxygen atoms in total. The van der Waals surface area contributed by atoms with Crippen LogP contribution in [0.5, 0.6) is 17.2 Å². The van der Waals surface area contributed by atoms with Crippen molar-refractivity contribution < 1.29 is 29.6 Å². The average molecular weight is 288 g/mol. The molecule has 0 aliphatic heterocycles. The van der Waals surface area contributed by atoms with Gasteiger partial charge in [-0.3, -0.25) is 0 Å². The molecular weight excluding hydrogens is 276 g/mol. The lowest BCUT2D eigenvalue weighted by atomic mass is 10.1. The van der Waals surface area contributed by atoms with Crippen LogP contribution in [0, 0.1) is 6.92 Å². The Morgan fingerprint density at radius 1 is 1.00 bits per heavy atom. The number of aromatic hydroxyl groups is 2. The number of rotatable bonds is 3. The predicted molar refractivity (Wildman–Crippen MR) is 72.9 cm³/mol. The molecule has 2 rings (SSSR count). The lowest BCUT2D eigenvalue weighted by Crippen LogP contribution is -2.08. The summed E-state index contributed by atoms with van der Waals surface area (Å²) in [4.78, 5) is 22.7. The van der Waals surface area contributed by atoms with Gasteiger partial charge in [0.15, 0.2) is 0 Å². The molecule has 108 valence electrons. The fourth-order valence-electron chi connectivity index (χ4n) is 1.72. The minimum absolute atomic E-state index is 0.152. The van der Waals surface area contributed by atoms with Gasteiger partial charge >= 0.3 is 11.9 Å². The molecule has 21 heavy (non-hydrogen) atoms. The molecule has 0 bridgehead atoms. The molecule has 3 N–H and O–H groups in total. The second-order valence-corrected chi connectivity index (χ2v) is 4.40. The molecule has 0 amide bonds. The summed E-state index contributed by atoms with van der Waals surface area (Å²) in [5.74, 6) is -3.69. The summed E-state index contributed by atoms with van der Waals surface area (Å²) in [6, 6.07) is 8.52. The van der Waals surface area contributed by atoms with Gasteiger partial charge in [-0.2, -0.15) is 0 Å². The van der Waals surface area contributed by atoms with E-state index in [9.17, 15) is 19.8 Å². The van der Waals surface area contributed by atoms with E-state index in [0.717, 1.165) is 17.7 Å². The molecular formula is C15H12O6. The molecule has 0 saturated heterocycles. The molecule has 0 aliphatic carbocycles. The van der Waals surface area contributed by atoms with Crippen molar-refractivity contribution in [3.05, 3.63) is 53.1 Å². The van der Waals surface area contributed by atoms with E-state index in [0.29, 0.717) is 5.56 Å². The maximum atomic E-state index is 11.9. The van der Waals surface area contributed by atoms with Crippen LogP contribution in [0.1, 0.15) is 26.3 Å². The van der Waals surface area contributed by atoms with E-state index in [4.69, 9.17) is 9.84 Å². The van der Waals surface area contributed by atoms with Crippen LogP contribution in [0.2, 0.25) is 0 Å². The van der Waals surface area contributed by atoms with Crippen LogP contribution < -0.4 is 4.74 Å². The molecule has 0 saturated carbocycles. The Bertz CT molecular complexity index is 680. The van der Waals surface area contributed by atoms with E-state index in [1.54, 1.807) is 24.3 Å². The van der Waals surface area contributed by atoms with Gasteiger partial charge in [0, 0.05) is 12.1 Å². The van der Waals surface area contributed by atoms with Gasteiger partial charge in [0.25, 0.3) is 0 Å². The molecule has 0 unspecified atom stereocenters. The molecule has 0 radical (unpaired) electrons. The van der Waals surface area contributed by atoms with Gasteiger partial charge < -0.3 is 20.1 Å². The zero-order valence-corrected chi connectivity index (χ0v) is 11.0. The summed E-state index contributed by atoms with van der Waals surface area (Å²) >= 11 is 0. The molecule has 0 fully saturated rings. The molecule has 0 spiro atoms. The first kappa shape index (κ1) is 14.4. The summed E-state index contributed by atoms with van der Waals surface area (Å²) < 4.78 is 4.98. The summed E-state index contributed by atoms with van der Waals surface area (Å²) in [5, 5.41) is 27.9. The van der Waals surface area contributed by atoms with E-state index in [2.05, 4.69) is 0 Å². The highest BCUT2D eigenvalue weighted by Crippen LogP contribution is 2.32. The number of carbonyl (C=O) groups is 2. The minimum atomic E-state index is -1.48.